The Labute approximate surface area is 169 Å². The van der Waals surface area contributed by atoms with Gasteiger partial charge >= 0.3 is 0 Å². The van der Waals surface area contributed by atoms with Crippen molar-refractivity contribution in [1.82, 2.24) is 10.2 Å². The van der Waals surface area contributed by atoms with Crippen molar-refractivity contribution in [2.24, 2.45) is 0 Å². The Morgan fingerprint density at radius 1 is 1.00 bits per heavy atom. The Hall–Kier alpha value is -3.15. The maximum Gasteiger partial charge on any atom is 0.262 e. The Morgan fingerprint density at radius 2 is 1.59 bits per heavy atom. The van der Waals surface area contributed by atoms with Gasteiger partial charge < -0.3 is 10.1 Å². The molecule has 1 aliphatic heterocycles. The van der Waals surface area contributed by atoms with Crippen LogP contribution >= 0.6 is 0 Å². The third kappa shape index (κ3) is 3.50. The average molecular weight is 392 g/mol. The van der Waals surface area contributed by atoms with Gasteiger partial charge in [-0.05, 0) is 42.7 Å². The van der Waals surface area contributed by atoms with Gasteiger partial charge in [0.05, 0.1) is 18.2 Å². The topological polar surface area (TPSA) is 75.7 Å². The van der Waals surface area contributed by atoms with Crippen molar-refractivity contribution in [3.05, 3.63) is 65.2 Å². The average Bonchev–Trinajstić information content (AvgIpc) is 3.33. The van der Waals surface area contributed by atoms with Crippen LogP contribution in [0.1, 0.15) is 52.0 Å². The van der Waals surface area contributed by atoms with Crippen LogP contribution < -0.4 is 10.1 Å². The van der Waals surface area contributed by atoms with E-state index in [0.29, 0.717) is 17.7 Å². The maximum absolute atomic E-state index is 12.6. The fourth-order valence-electron chi connectivity index (χ4n) is 4.41. The molecular formula is C23H24N2O4. The highest BCUT2D eigenvalue weighted by molar-refractivity contribution is 6.22. The van der Waals surface area contributed by atoms with Crippen LogP contribution in [0.3, 0.4) is 0 Å². The smallest absolute Gasteiger partial charge is 0.262 e. The molecule has 1 N–H and O–H groups in total. The molecule has 1 aliphatic carbocycles. The van der Waals surface area contributed by atoms with Crippen molar-refractivity contribution >= 4 is 17.7 Å². The number of imide groups is 1. The molecule has 0 atom stereocenters. The summed E-state index contributed by atoms with van der Waals surface area (Å²) in [5, 5.41) is 2.97. The Morgan fingerprint density at radius 3 is 2.14 bits per heavy atom. The fraction of sp³-hybridized carbons (Fsp3) is 0.348. The van der Waals surface area contributed by atoms with Gasteiger partial charge in [0.15, 0.2) is 0 Å². The van der Waals surface area contributed by atoms with Crippen LogP contribution in [-0.2, 0) is 10.2 Å². The van der Waals surface area contributed by atoms with Gasteiger partial charge in [-0.15, -0.1) is 0 Å². The number of ether oxygens (including phenoxy) is 1. The van der Waals surface area contributed by atoms with Gasteiger partial charge in [0.25, 0.3) is 11.8 Å². The summed E-state index contributed by atoms with van der Waals surface area (Å²) >= 11 is 0. The lowest BCUT2D eigenvalue weighted by atomic mass is 9.78. The van der Waals surface area contributed by atoms with Gasteiger partial charge in [0.2, 0.25) is 5.91 Å². The summed E-state index contributed by atoms with van der Waals surface area (Å²) in [5.74, 6) is -0.339. The summed E-state index contributed by atoms with van der Waals surface area (Å²) in [6.45, 7) is 0.229. The van der Waals surface area contributed by atoms with Gasteiger partial charge in [0.1, 0.15) is 12.3 Å². The number of methoxy groups -OCH3 is 1. The molecule has 0 radical (unpaired) electrons. The number of benzene rings is 2. The predicted octanol–water partition coefficient (Wildman–Crippen LogP) is 2.92. The first-order chi connectivity index (χ1) is 14.0. The van der Waals surface area contributed by atoms with E-state index in [2.05, 4.69) is 17.4 Å². The highest BCUT2D eigenvalue weighted by Gasteiger charge is 2.38. The molecule has 0 saturated heterocycles. The molecule has 29 heavy (non-hydrogen) atoms. The molecule has 6 nitrogen and oxygen atoms in total. The third-order valence-corrected chi connectivity index (χ3v) is 6.07. The monoisotopic (exact) mass is 392 g/mol. The number of rotatable bonds is 6. The number of hydrogen-bond acceptors (Lipinski definition) is 4. The zero-order chi connectivity index (χ0) is 20.4. The lowest BCUT2D eigenvalue weighted by Crippen LogP contribution is -2.45. The van der Waals surface area contributed by atoms with Crippen molar-refractivity contribution in [1.29, 1.82) is 0 Å². The largest absolute Gasteiger partial charge is 0.497 e. The molecular weight excluding hydrogens is 368 g/mol. The summed E-state index contributed by atoms with van der Waals surface area (Å²) in [6, 6.07) is 14.7. The van der Waals surface area contributed by atoms with Crippen molar-refractivity contribution < 1.29 is 19.1 Å². The van der Waals surface area contributed by atoms with Crippen LogP contribution in [-0.4, -0.2) is 42.8 Å². The minimum absolute atomic E-state index is 0.121. The molecule has 1 heterocycles. The van der Waals surface area contributed by atoms with Crippen molar-refractivity contribution in [2.45, 2.75) is 31.1 Å². The molecule has 0 unspecified atom stereocenters. The fourth-order valence-corrected chi connectivity index (χ4v) is 4.41. The van der Waals surface area contributed by atoms with Crippen LogP contribution in [0, 0.1) is 0 Å². The molecule has 0 spiro atoms. The summed E-state index contributed by atoms with van der Waals surface area (Å²) in [4.78, 5) is 38.5. The van der Waals surface area contributed by atoms with Gasteiger partial charge in [-0.2, -0.15) is 0 Å². The second-order valence-corrected chi connectivity index (χ2v) is 7.73. The zero-order valence-corrected chi connectivity index (χ0v) is 16.4. The Bertz CT molecular complexity index is 911. The van der Waals surface area contributed by atoms with Crippen molar-refractivity contribution in [3.8, 4) is 5.75 Å². The van der Waals surface area contributed by atoms with Crippen LogP contribution in [0.15, 0.2) is 48.5 Å². The Kier molecular flexibility index (Phi) is 5.09. The first-order valence-corrected chi connectivity index (χ1v) is 9.90. The molecule has 3 amide bonds. The summed E-state index contributed by atoms with van der Waals surface area (Å²) < 4.78 is 5.24. The third-order valence-electron chi connectivity index (χ3n) is 6.07. The Balaban J connectivity index is 1.43. The molecule has 2 aromatic rings. The normalized spacial score (nSPS) is 17.3. The molecule has 1 fully saturated rings. The van der Waals surface area contributed by atoms with Gasteiger partial charge in [-0.3, -0.25) is 19.3 Å². The van der Waals surface area contributed by atoms with E-state index in [4.69, 9.17) is 4.74 Å². The summed E-state index contributed by atoms with van der Waals surface area (Å²) in [6.07, 6.45) is 4.21. The number of carbonyl (C=O) groups is 3. The van der Waals surface area contributed by atoms with E-state index in [-0.39, 0.29) is 17.9 Å². The SMILES string of the molecule is COc1ccc(C2(CNC(=O)CN3C(=O)c4ccccc4C3=O)CCCC2)cc1. The van der Waals surface area contributed by atoms with E-state index in [0.717, 1.165) is 36.3 Å². The van der Waals surface area contributed by atoms with Crippen LogP contribution in [0.4, 0.5) is 0 Å². The van der Waals surface area contributed by atoms with Crippen LogP contribution in [0.25, 0.3) is 0 Å². The minimum atomic E-state index is -0.411. The first kappa shape index (κ1) is 19.2. The van der Waals surface area contributed by atoms with Gasteiger partial charge in [-0.25, -0.2) is 0 Å². The second kappa shape index (κ2) is 7.70. The van der Waals surface area contributed by atoms with Crippen LogP contribution in [0.5, 0.6) is 5.75 Å². The molecule has 2 aliphatic rings. The zero-order valence-electron chi connectivity index (χ0n) is 16.4. The lowest BCUT2D eigenvalue weighted by Gasteiger charge is -2.30. The number of nitrogens with zero attached hydrogens (tertiary/aromatic N) is 1. The number of nitrogens with one attached hydrogen (secondary N) is 1. The van der Waals surface area contributed by atoms with E-state index in [1.807, 2.05) is 12.1 Å². The van der Waals surface area contributed by atoms with E-state index in [1.54, 1.807) is 31.4 Å². The summed E-state index contributed by atoms with van der Waals surface area (Å²) in [7, 11) is 1.64. The number of fused-ring (bicyclic) bond motifs is 1. The van der Waals surface area contributed by atoms with Gasteiger partial charge in [-0.1, -0.05) is 37.1 Å². The molecule has 150 valence electrons. The second-order valence-electron chi connectivity index (χ2n) is 7.73. The molecule has 4 rings (SSSR count). The van der Waals surface area contributed by atoms with Crippen molar-refractivity contribution in [3.63, 3.8) is 0 Å². The molecule has 1 saturated carbocycles. The number of amides is 3. The lowest BCUT2D eigenvalue weighted by molar-refractivity contribution is -0.121. The van der Waals surface area contributed by atoms with Crippen LogP contribution in [0.2, 0.25) is 0 Å². The van der Waals surface area contributed by atoms with E-state index in [1.165, 1.54) is 5.56 Å². The maximum atomic E-state index is 12.6. The van der Waals surface area contributed by atoms with E-state index < -0.39 is 11.8 Å². The van der Waals surface area contributed by atoms with Crippen molar-refractivity contribution in [2.75, 3.05) is 20.2 Å². The molecule has 0 aromatic heterocycles. The predicted molar refractivity (Wildman–Crippen MR) is 108 cm³/mol. The highest BCUT2D eigenvalue weighted by atomic mass is 16.5. The number of carbonyl (C=O) groups excluding carboxylic acids is 3. The van der Waals surface area contributed by atoms with E-state index in [9.17, 15) is 14.4 Å². The van der Waals surface area contributed by atoms with E-state index >= 15 is 0 Å². The molecule has 0 bridgehead atoms. The molecule has 6 heteroatoms. The minimum Gasteiger partial charge on any atom is -0.497 e. The first-order valence-electron chi connectivity index (χ1n) is 9.90. The van der Waals surface area contributed by atoms with Gasteiger partial charge in [0, 0.05) is 12.0 Å². The summed E-state index contributed by atoms with van der Waals surface area (Å²) in [5.41, 5.74) is 1.77. The number of hydrogen-bond donors (Lipinski definition) is 1. The molecule has 2 aromatic carbocycles. The quantitative estimate of drug-likeness (QED) is 0.767. The highest BCUT2D eigenvalue weighted by Crippen LogP contribution is 2.41. The standard InChI is InChI=1S/C23H24N2O4/c1-29-17-10-8-16(9-11-17)23(12-4-5-13-23)15-24-20(26)14-25-21(27)18-6-2-3-7-19(18)22(25)28/h2-3,6-11H,4-5,12-15H2,1H3,(H,24,26).